The predicted molar refractivity (Wildman–Crippen MR) is 146 cm³/mol. The maximum Gasteiger partial charge on any atom is 0.420 e. The number of amides is 1. The van der Waals surface area contributed by atoms with E-state index in [4.69, 9.17) is 11.6 Å². The van der Waals surface area contributed by atoms with Crippen LogP contribution in [0.5, 0.6) is 0 Å². The number of hydrogen-bond donors (Lipinski definition) is 1. The summed E-state index contributed by atoms with van der Waals surface area (Å²) in [5.74, 6) is -0.885. The second-order valence-corrected chi connectivity index (χ2v) is 13.9. The highest BCUT2D eigenvalue weighted by molar-refractivity contribution is 7.91. The Balaban J connectivity index is 1.41. The summed E-state index contributed by atoms with van der Waals surface area (Å²) in [6.07, 6.45) is -0.862. The molecule has 0 unspecified atom stereocenters. The molecule has 2 aromatic heterocycles. The van der Waals surface area contributed by atoms with E-state index in [1.807, 2.05) is 19.2 Å². The van der Waals surface area contributed by atoms with Gasteiger partial charge in [-0.15, -0.1) is 11.3 Å². The first-order chi connectivity index (χ1) is 18.9. The van der Waals surface area contributed by atoms with Crippen LogP contribution in [0, 0.1) is 0 Å². The summed E-state index contributed by atoms with van der Waals surface area (Å²) < 4.78 is 68.3. The van der Waals surface area contributed by atoms with Gasteiger partial charge >= 0.3 is 6.18 Å². The maximum absolute atomic E-state index is 14.1. The Hall–Kier alpha value is -2.74. The number of halogens is 4. The molecule has 40 heavy (non-hydrogen) atoms. The Morgan fingerprint density at radius 2 is 1.93 bits per heavy atom. The number of hydrogen-bond acceptors (Lipinski definition) is 8. The van der Waals surface area contributed by atoms with Crippen LogP contribution in [0.25, 0.3) is 10.6 Å². The minimum Gasteiger partial charge on any atom is -0.334 e. The highest BCUT2D eigenvalue weighted by Crippen LogP contribution is 2.43. The molecule has 0 bridgehead atoms. The monoisotopic (exact) mass is 611 g/mol. The average molecular weight is 612 g/mol. The third-order valence-electron chi connectivity index (χ3n) is 7.67. The lowest BCUT2D eigenvalue weighted by molar-refractivity contribution is -0.137. The highest BCUT2D eigenvalue weighted by Gasteiger charge is 2.40. The Kier molecular flexibility index (Phi) is 6.83. The van der Waals surface area contributed by atoms with Gasteiger partial charge in [-0.05, 0) is 62.1 Å². The van der Waals surface area contributed by atoms with Crippen LogP contribution in [0.4, 0.5) is 24.8 Å². The molecule has 3 aromatic rings. The zero-order valence-electron chi connectivity index (χ0n) is 21.4. The van der Waals surface area contributed by atoms with Gasteiger partial charge in [0.25, 0.3) is 5.91 Å². The second-order valence-electron chi connectivity index (χ2n) is 10.4. The van der Waals surface area contributed by atoms with E-state index in [2.05, 4.69) is 20.2 Å². The van der Waals surface area contributed by atoms with Crippen LogP contribution < -0.4 is 5.32 Å². The Morgan fingerprint density at radius 3 is 2.62 bits per heavy atom. The third-order valence-corrected chi connectivity index (χ3v) is 11.0. The molecule has 0 saturated heterocycles. The van der Waals surface area contributed by atoms with Crippen LogP contribution in [0.15, 0.2) is 29.3 Å². The fourth-order valence-corrected chi connectivity index (χ4v) is 8.40. The molecule has 2 aliphatic heterocycles. The largest absolute Gasteiger partial charge is 0.420 e. The average Bonchev–Trinajstić information content (AvgIpc) is 3.28. The molecule has 212 valence electrons. The van der Waals surface area contributed by atoms with E-state index in [9.17, 15) is 26.4 Å². The van der Waals surface area contributed by atoms with Gasteiger partial charge in [0.05, 0.1) is 31.9 Å². The molecule has 1 amide bonds. The van der Waals surface area contributed by atoms with Crippen molar-refractivity contribution in [2.24, 2.45) is 0 Å². The van der Waals surface area contributed by atoms with Crippen molar-refractivity contribution >= 4 is 50.3 Å². The summed E-state index contributed by atoms with van der Waals surface area (Å²) in [5, 5.41) is 3.30. The maximum atomic E-state index is 14.1. The van der Waals surface area contributed by atoms with Crippen molar-refractivity contribution in [1.82, 2.24) is 19.8 Å². The van der Waals surface area contributed by atoms with Gasteiger partial charge in [-0.3, -0.25) is 4.79 Å². The van der Waals surface area contributed by atoms with E-state index in [-0.39, 0.29) is 38.9 Å². The van der Waals surface area contributed by atoms with E-state index in [1.165, 1.54) is 0 Å². The number of sulfone groups is 1. The fourth-order valence-electron chi connectivity index (χ4n) is 5.25. The highest BCUT2D eigenvalue weighted by atomic mass is 35.5. The Morgan fingerprint density at radius 1 is 1.15 bits per heavy atom. The minimum atomic E-state index is -4.81. The van der Waals surface area contributed by atoms with Gasteiger partial charge < -0.3 is 15.1 Å². The van der Waals surface area contributed by atoms with Crippen molar-refractivity contribution in [1.29, 1.82) is 0 Å². The molecule has 14 heteroatoms. The first-order valence-electron chi connectivity index (χ1n) is 12.8. The number of fused-ring (bicyclic) bond motifs is 2. The van der Waals surface area contributed by atoms with E-state index in [0.717, 1.165) is 56.0 Å². The summed E-state index contributed by atoms with van der Waals surface area (Å²) >= 11 is 7.20. The third kappa shape index (κ3) is 4.97. The molecule has 1 saturated carbocycles. The SMILES string of the molecule is CN1CCc2cc(Nc3ncc(C(F)(F)F)c(-c4cc5c(s4)C(=O)N(C4CCC4)CCS5(=O)=O)n3)c(Cl)cc2C1. The molecule has 4 heterocycles. The van der Waals surface area contributed by atoms with Crippen LogP contribution in [0.1, 0.15) is 45.6 Å². The minimum absolute atomic E-state index is 0.0541. The predicted octanol–water partition coefficient (Wildman–Crippen LogP) is 5.39. The number of alkyl halides is 3. The van der Waals surface area contributed by atoms with Gasteiger partial charge in [-0.1, -0.05) is 11.6 Å². The lowest BCUT2D eigenvalue weighted by Gasteiger charge is -2.36. The molecule has 0 atom stereocenters. The van der Waals surface area contributed by atoms with Crippen molar-refractivity contribution in [3.05, 3.63) is 51.0 Å². The summed E-state index contributed by atoms with van der Waals surface area (Å²) in [6.45, 7) is 1.66. The van der Waals surface area contributed by atoms with E-state index in [1.54, 1.807) is 4.90 Å². The molecule has 0 radical (unpaired) electrons. The normalized spacial score (nSPS) is 19.5. The van der Waals surface area contributed by atoms with E-state index in [0.29, 0.717) is 28.2 Å². The molecule has 8 nitrogen and oxygen atoms in total. The van der Waals surface area contributed by atoms with Crippen LogP contribution in [-0.4, -0.2) is 66.0 Å². The number of carbonyl (C=O) groups is 1. The number of rotatable bonds is 4. The van der Waals surface area contributed by atoms with Gasteiger partial charge in [0.2, 0.25) is 5.95 Å². The van der Waals surface area contributed by atoms with Crippen molar-refractivity contribution < 1.29 is 26.4 Å². The summed E-state index contributed by atoms with van der Waals surface area (Å²) in [7, 11) is -1.88. The fraction of sp³-hybridized carbons (Fsp3) is 0.423. The standard InChI is InChI=1S/C26H25ClF3N5O3S2/c1-34-6-5-14-10-19(18(27)9-15(14)13-34)32-25-31-12-17(26(28,29)30)22(33-25)20-11-21-23(39-20)24(36)35(16-3-2-4-16)7-8-40(21,37)38/h9-12,16H,2-8,13H2,1H3,(H,31,32,33). The summed E-state index contributed by atoms with van der Waals surface area (Å²) in [6, 6.07) is 4.75. The number of likely N-dealkylation sites (N-methyl/N-ethyl adjacent to an activating group) is 1. The van der Waals surface area contributed by atoms with E-state index >= 15 is 0 Å². The lowest BCUT2D eigenvalue weighted by atomic mass is 9.91. The van der Waals surface area contributed by atoms with Gasteiger partial charge in [0.15, 0.2) is 9.84 Å². The molecule has 1 aromatic carbocycles. The lowest BCUT2D eigenvalue weighted by Crippen LogP contribution is -2.44. The van der Waals surface area contributed by atoms with Crippen LogP contribution in [-0.2, 0) is 29.0 Å². The van der Waals surface area contributed by atoms with Gasteiger partial charge in [-0.2, -0.15) is 13.2 Å². The number of aromatic nitrogens is 2. The Bertz CT molecular complexity index is 1620. The summed E-state index contributed by atoms with van der Waals surface area (Å²) in [5.41, 5.74) is 0.956. The molecule has 6 rings (SSSR count). The van der Waals surface area contributed by atoms with Gasteiger partial charge in [0.1, 0.15) is 10.4 Å². The molecule has 1 fully saturated rings. The number of anilines is 2. The molecule has 0 spiro atoms. The number of carbonyl (C=O) groups excluding carboxylic acids is 1. The first-order valence-corrected chi connectivity index (χ1v) is 15.6. The number of nitrogens with one attached hydrogen (secondary N) is 1. The number of thiophene rings is 1. The van der Waals surface area contributed by atoms with E-state index < -0.39 is 33.2 Å². The summed E-state index contributed by atoms with van der Waals surface area (Å²) in [4.78, 5) is 24.7. The molecule has 1 N–H and O–H groups in total. The topological polar surface area (TPSA) is 95.5 Å². The van der Waals surface area contributed by atoms with Crippen LogP contribution >= 0.6 is 22.9 Å². The number of benzene rings is 1. The molecule has 1 aliphatic carbocycles. The van der Waals surface area contributed by atoms with Crippen LogP contribution in [0.2, 0.25) is 5.02 Å². The zero-order valence-corrected chi connectivity index (χ0v) is 23.8. The molecule has 3 aliphatic rings. The van der Waals surface area contributed by atoms with Gasteiger partial charge in [0, 0.05) is 31.9 Å². The van der Waals surface area contributed by atoms with Gasteiger partial charge in [-0.25, -0.2) is 18.4 Å². The zero-order chi connectivity index (χ0) is 28.4. The smallest absolute Gasteiger partial charge is 0.334 e. The quantitative estimate of drug-likeness (QED) is 0.423. The Labute approximate surface area is 238 Å². The van der Waals surface area contributed by atoms with Crippen molar-refractivity contribution in [2.75, 3.05) is 31.2 Å². The van der Waals surface area contributed by atoms with Crippen molar-refractivity contribution in [3.63, 3.8) is 0 Å². The van der Waals surface area contributed by atoms with Crippen molar-refractivity contribution in [2.45, 2.75) is 49.3 Å². The van der Waals surface area contributed by atoms with Crippen molar-refractivity contribution in [3.8, 4) is 10.6 Å². The molecular weight excluding hydrogens is 587 g/mol. The van der Waals surface area contributed by atoms with Crippen LogP contribution in [0.3, 0.4) is 0 Å². The number of nitrogens with zero attached hydrogens (tertiary/aromatic N) is 4. The second kappa shape index (κ2) is 9.97. The first kappa shape index (κ1) is 27.4. The molecular formula is C26H25ClF3N5O3S2.